The molecule has 0 unspecified atom stereocenters. The number of halogens is 1. The van der Waals surface area contributed by atoms with Crippen LogP contribution in [0.3, 0.4) is 0 Å². The van der Waals surface area contributed by atoms with E-state index in [1.165, 1.54) is 0 Å². The fourth-order valence-electron chi connectivity index (χ4n) is 6.33. The van der Waals surface area contributed by atoms with E-state index in [1.807, 2.05) is 58.9 Å². The van der Waals surface area contributed by atoms with E-state index in [4.69, 9.17) is 9.72 Å². The molecule has 39 heavy (non-hydrogen) atoms. The van der Waals surface area contributed by atoms with Gasteiger partial charge in [0.05, 0.1) is 16.6 Å². The van der Waals surface area contributed by atoms with Gasteiger partial charge in [-0.1, -0.05) is 0 Å². The maximum atomic E-state index is 16.1. The smallest absolute Gasteiger partial charge is 0.408 e. The number of aromatic nitrogens is 4. The largest absolute Gasteiger partial charge is 0.444 e. The van der Waals surface area contributed by atoms with Crippen LogP contribution >= 0.6 is 0 Å². The molecule has 8 nitrogen and oxygen atoms in total. The molecular formula is C30H33FN6O2. The van der Waals surface area contributed by atoms with Gasteiger partial charge in [0, 0.05) is 33.9 Å². The van der Waals surface area contributed by atoms with Crippen molar-refractivity contribution in [3.8, 4) is 11.1 Å². The number of pyridine rings is 2. The van der Waals surface area contributed by atoms with Crippen LogP contribution in [-0.4, -0.2) is 42.7 Å². The van der Waals surface area contributed by atoms with Crippen LogP contribution in [0.15, 0.2) is 36.5 Å². The van der Waals surface area contributed by atoms with E-state index in [1.54, 1.807) is 12.3 Å². The Bertz CT molecular complexity index is 1620. The van der Waals surface area contributed by atoms with Crippen LogP contribution < -0.4 is 10.6 Å². The molecular weight excluding hydrogens is 495 g/mol. The van der Waals surface area contributed by atoms with Gasteiger partial charge in [0.2, 0.25) is 5.95 Å². The number of hydrogen-bond donors (Lipinski definition) is 2. The number of ether oxygens (including phenoxy) is 1. The summed E-state index contributed by atoms with van der Waals surface area (Å²) in [7, 11) is 0. The number of carbonyl (C=O) groups is 1. The molecule has 0 radical (unpaired) electrons. The van der Waals surface area contributed by atoms with Gasteiger partial charge in [-0.3, -0.25) is 0 Å². The van der Waals surface area contributed by atoms with Crippen molar-refractivity contribution in [3.05, 3.63) is 53.7 Å². The average molecular weight is 529 g/mol. The Morgan fingerprint density at radius 1 is 1.00 bits per heavy atom. The molecule has 0 spiro atoms. The summed E-state index contributed by atoms with van der Waals surface area (Å²) in [6.45, 7) is 9.28. The van der Waals surface area contributed by atoms with Gasteiger partial charge in [-0.25, -0.2) is 29.1 Å². The molecule has 202 valence electrons. The number of nitrogens with zero attached hydrogens (tertiary/aromatic N) is 4. The second-order valence-corrected chi connectivity index (χ2v) is 12.1. The molecule has 3 aromatic heterocycles. The van der Waals surface area contributed by atoms with Gasteiger partial charge >= 0.3 is 6.09 Å². The summed E-state index contributed by atoms with van der Waals surface area (Å²) >= 11 is 0. The zero-order chi connectivity index (χ0) is 27.6. The summed E-state index contributed by atoms with van der Waals surface area (Å²) in [6.07, 6.45) is 5.58. The van der Waals surface area contributed by atoms with Crippen molar-refractivity contribution in [2.45, 2.75) is 83.4 Å². The van der Waals surface area contributed by atoms with Crippen LogP contribution in [0.25, 0.3) is 33.1 Å². The lowest BCUT2D eigenvalue weighted by molar-refractivity contribution is 0.0458. The molecule has 0 atom stereocenters. The number of carbonyl (C=O) groups excluding carboxylic acids is 1. The Morgan fingerprint density at radius 3 is 2.49 bits per heavy atom. The molecule has 6 rings (SSSR count). The first-order chi connectivity index (χ1) is 18.4. The third-order valence-corrected chi connectivity index (χ3v) is 7.97. The normalized spacial score (nSPS) is 22.4. The molecule has 1 aromatic carbocycles. The van der Waals surface area contributed by atoms with Crippen LogP contribution in [0.4, 0.5) is 15.1 Å². The van der Waals surface area contributed by atoms with Crippen molar-refractivity contribution >= 4 is 34.0 Å². The van der Waals surface area contributed by atoms with E-state index < -0.39 is 5.60 Å². The number of nitrogens with one attached hydrogen (secondary N) is 2. The molecule has 2 saturated carbocycles. The molecule has 2 N–H and O–H groups in total. The summed E-state index contributed by atoms with van der Waals surface area (Å²) in [4.78, 5) is 30.7. The van der Waals surface area contributed by atoms with Gasteiger partial charge in [-0.05, 0) is 103 Å². The van der Waals surface area contributed by atoms with Crippen molar-refractivity contribution in [1.82, 2.24) is 25.3 Å². The number of anilines is 1. The summed E-state index contributed by atoms with van der Waals surface area (Å²) in [5, 5.41) is 7.90. The van der Waals surface area contributed by atoms with Crippen LogP contribution in [0, 0.1) is 19.7 Å². The van der Waals surface area contributed by atoms with Crippen LogP contribution in [0.1, 0.15) is 64.3 Å². The van der Waals surface area contributed by atoms with E-state index in [0.717, 1.165) is 48.7 Å². The SMILES string of the molecule is Cc1cc(-c2ccc3nc(NC45CCC(NC(=O)OC(C)(C)C)(CC4)C5)nc(C)c3c2F)c2cccnc2n1. The van der Waals surface area contributed by atoms with Crippen LogP contribution in [0.2, 0.25) is 0 Å². The Morgan fingerprint density at radius 2 is 1.74 bits per heavy atom. The Kier molecular flexibility index (Phi) is 5.75. The highest BCUT2D eigenvalue weighted by Crippen LogP contribution is 2.52. The molecule has 0 aliphatic heterocycles. The van der Waals surface area contributed by atoms with E-state index in [0.29, 0.717) is 33.8 Å². The first-order valence-electron chi connectivity index (χ1n) is 13.4. The highest BCUT2D eigenvalue weighted by molar-refractivity contribution is 5.96. The fourth-order valence-corrected chi connectivity index (χ4v) is 6.33. The Balaban J connectivity index is 1.29. The maximum Gasteiger partial charge on any atom is 0.408 e. The quantitative estimate of drug-likeness (QED) is 0.316. The van der Waals surface area contributed by atoms with E-state index in [9.17, 15) is 4.79 Å². The zero-order valence-electron chi connectivity index (χ0n) is 23.0. The van der Waals surface area contributed by atoms with Gasteiger partial charge in [-0.2, -0.15) is 0 Å². The standard InChI is InChI=1S/C30H33FN6O2/c1-17-15-21(20-7-6-14-32-25(20)33-17)19-8-9-22-23(24(19)31)18(2)34-26(35-22)36-29-10-12-30(16-29,13-11-29)37-27(38)39-28(3,4)5/h6-9,14-15H,10-13,16H2,1-5H3,(H,37,38)(H,34,35,36). The van der Waals surface area contributed by atoms with Gasteiger partial charge in [0.15, 0.2) is 5.65 Å². The lowest BCUT2D eigenvalue weighted by Crippen LogP contribution is -2.47. The maximum absolute atomic E-state index is 16.1. The number of amides is 1. The monoisotopic (exact) mass is 528 g/mol. The van der Waals surface area contributed by atoms with Gasteiger partial charge in [0.25, 0.3) is 0 Å². The molecule has 2 aliphatic carbocycles. The van der Waals surface area contributed by atoms with E-state index in [-0.39, 0.29) is 23.0 Å². The molecule has 2 bridgehead atoms. The molecule has 2 fully saturated rings. The zero-order valence-corrected chi connectivity index (χ0v) is 23.0. The molecule has 1 amide bonds. The number of alkyl carbamates (subject to hydrolysis) is 1. The predicted molar refractivity (Wildman–Crippen MR) is 149 cm³/mol. The van der Waals surface area contributed by atoms with Crippen molar-refractivity contribution in [3.63, 3.8) is 0 Å². The van der Waals surface area contributed by atoms with E-state index in [2.05, 4.69) is 25.6 Å². The number of hydrogen-bond acceptors (Lipinski definition) is 7. The third-order valence-electron chi connectivity index (χ3n) is 7.97. The lowest BCUT2D eigenvalue weighted by Gasteiger charge is -2.30. The molecule has 9 heteroatoms. The van der Waals surface area contributed by atoms with E-state index >= 15 is 4.39 Å². The average Bonchev–Trinajstić information content (AvgIpc) is 3.37. The molecule has 2 aliphatic rings. The summed E-state index contributed by atoms with van der Waals surface area (Å²) in [5.74, 6) is 0.129. The Hall–Kier alpha value is -3.88. The summed E-state index contributed by atoms with van der Waals surface area (Å²) in [5.41, 5.74) is 2.65. The first-order valence-corrected chi connectivity index (χ1v) is 13.4. The third kappa shape index (κ3) is 4.64. The van der Waals surface area contributed by atoms with Crippen molar-refractivity contribution in [1.29, 1.82) is 0 Å². The van der Waals surface area contributed by atoms with Gasteiger partial charge in [0.1, 0.15) is 11.4 Å². The summed E-state index contributed by atoms with van der Waals surface area (Å²) in [6, 6.07) is 9.24. The highest BCUT2D eigenvalue weighted by Gasteiger charge is 2.55. The summed E-state index contributed by atoms with van der Waals surface area (Å²) < 4.78 is 21.6. The van der Waals surface area contributed by atoms with Crippen molar-refractivity contribution < 1.29 is 13.9 Å². The van der Waals surface area contributed by atoms with Crippen LogP contribution in [0.5, 0.6) is 0 Å². The predicted octanol–water partition coefficient (Wildman–Crippen LogP) is 6.39. The molecule has 3 heterocycles. The number of rotatable bonds is 4. The minimum Gasteiger partial charge on any atom is -0.444 e. The first kappa shape index (κ1) is 25.4. The van der Waals surface area contributed by atoms with Crippen molar-refractivity contribution in [2.24, 2.45) is 0 Å². The molecule has 0 saturated heterocycles. The van der Waals surface area contributed by atoms with Crippen molar-refractivity contribution in [2.75, 3.05) is 5.32 Å². The Labute approximate surface area is 226 Å². The second kappa shape index (κ2) is 8.83. The van der Waals surface area contributed by atoms with Gasteiger partial charge in [-0.15, -0.1) is 0 Å². The van der Waals surface area contributed by atoms with Crippen LogP contribution in [-0.2, 0) is 4.74 Å². The minimum atomic E-state index is -0.543. The fraction of sp³-hybridized carbons (Fsp3) is 0.433. The second-order valence-electron chi connectivity index (χ2n) is 12.1. The van der Waals surface area contributed by atoms with Gasteiger partial charge < -0.3 is 15.4 Å². The number of fused-ring (bicyclic) bond motifs is 4. The number of benzene rings is 1. The molecule has 4 aromatic rings. The highest BCUT2D eigenvalue weighted by atomic mass is 19.1. The number of aryl methyl sites for hydroxylation is 2. The lowest BCUT2D eigenvalue weighted by atomic mass is 9.91. The minimum absolute atomic E-state index is 0.214. The topological polar surface area (TPSA) is 102 Å².